The Bertz CT molecular complexity index is 809. The van der Waals surface area contributed by atoms with Crippen molar-refractivity contribution in [2.75, 3.05) is 20.1 Å². The van der Waals surface area contributed by atoms with Gasteiger partial charge in [0.1, 0.15) is 0 Å². The summed E-state index contributed by atoms with van der Waals surface area (Å²) in [6.07, 6.45) is 0. The average molecular weight is 355 g/mol. The number of benzene rings is 2. The van der Waals surface area contributed by atoms with Gasteiger partial charge in [-0.05, 0) is 36.0 Å². The van der Waals surface area contributed by atoms with Crippen LogP contribution < -0.4 is 0 Å². The van der Waals surface area contributed by atoms with Crippen molar-refractivity contribution in [1.29, 1.82) is 0 Å². The van der Waals surface area contributed by atoms with E-state index in [-0.39, 0.29) is 10.9 Å². The van der Waals surface area contributed by atoms with Crippen LogP contribution in [0.15, 0.2) is 76.4 Å². The first-order chi connectivity index (χ1) is 12.1. The van der Waals surface area contributed by atoms with Gasteiger partial charge in [-0.2, -0.15) is 0 Å². The molecule has 2 aromatic rings. The van der Waals surface area contributed by atoms with Gasteiger partial charge in [-0.1, -0.05) is 36.4 Å². The van der Waals surface area contributed by atoms with Gasteiger partial charge in [0.05, 0.1) is 4.92 Å². The van der Waals surface area contributed by atoms with E-state index in [4.69, 9.17) is 0 Å². The van der Waals surface area contributed by atoms with Crippen LogP contribution in [0.4, 0.5) is 0 Å². The highest BCUT2D eigenvalue weighted by molar-refractivity contribution is 8.02. The lowest BCUT2D eigenvalue weighted by atomic mass is 10.2. The number of thioether (sulfide) groups is 1. The molecule has 128 valence electrons. The van der Waals surface area contributed by atoms with E-state index in [9.17, 15) is 14.9 Å². The fourth-order valence-electron chi connectivity index (χ4n) is 2.65. The van der Waals surface area contributed by atoms with Crippen molar-refractivity contribution in [1.82, 2.24) is 9.80 Å². The van der Waals surface area contributed by atoms with E-state index in [2.05, 4.69) is 0 Å². The minimum atomic E-state index is -0.417. The van der Waals surface area contributed by atoms with Crippen molar-refractivity contribution >= 4 is 17.7 Å². The topological polar surface area (TPSA) is 66.7 Å². The average Bonchev–Trinajstić information content (AvgIpc) is 3.01. The molecule has 0 aromatic heterocycles. The second kappa shape index (κ2) is 7.40. The number of amides is 1. The molecule has 1 amide bonds. The first-order valence-corrected chi connectivity index (χ1v) is 8.59. The highest BCUT2D eigenvalue weighted by Crippen LogP contribution is 2.34. The van der Waals surface area contributed by atoms with Crippen LogP contribution in [-0.2, 0) is 0 Å². The summed E-state index contributed by atoms with van der Waals surface area (Å²) in [4.78, 5) is 28.1. The van der Waals surface area contributed by atoms with E-state index in [1.165, 1.54) is 4.90 Å². The second-order valence-corrected chi connectivity index (χ2v) is 6.61. The largest absolute Gasteiger partial charge is 0.353 e. The standard InChI is InChI=1S/C18H17N3O3S/c1-19-12-13-20(17(22)14-8-4-2-5-9-14)16(19)18(21(23)24)25-15-10-6-3-7-11-15/h2-11H,12-13H2,1H3. The molecule has 1 aliphatic rings. The van der Waals surface area contributed by atoms with Crippen molar-refractivity contribution in [2.24, 2.45) is 0 Å². The Labute approximate surface area is 149 Å². The molecule has 0 saturated carbocycles. The number of likely N-dealkylation sites (N-methyl/N-ethyl adjacent to an activating group) is 1. The monoisotopic (exact) mass is 355 g/mol. The molecule has 0 spiro atoms. The molecule has 0 bridgehead atoms. The molecular formula is C18H17N3O3S. The SMILES string of the molecule is CN1CCN(C(=O)c2ccccc2)C1=C(Sc1ccccc1)[N+](=O)[O-]. The van der Waals surface area contributed by atoms with E-state index in [1.807, 2.05) is 36.4 Å². The molecular weight excluding hydrogens is 338 g/mol. The summed E-state index contributed by atoms with van der Waals surface area (Å²) >= 11 is 1.06. The summed E-state index contributed by atoms with van der Waals surface area (Å²) in [5.74, 6) is 0.112. The summed E-state index contributed by atoms with van der Waals surface area (Å²) in [6.45, 7) is 0.979. The first-order valence-electron chi connectivity index (χ1n) is 7.77. The molecule has 7 heteroatoms. The third-order valence-corrected chi connectivity index (χ3v) is 4.89. The van der Waals surface area contributed by atoms with Gasteiger partial charge in [-0.25, -0.2) is 0 Å². The van der Waals surface area contributed by atoms with Crippen LogP contribution in [-0.4, -0.2) is 40.8 Å². The minimum absolute atomic E-state index is 0.0459. The molecule has 25 heavy (non-hydrogen) atoms. The molecule has 0 atom stereocenters. The maximum atomic E-state index is 12.8. The number of carbonyl (C=O) groups is 1. The van der Waals surface area contributed by atoms with Crippen molar-refractivity contribution in [3.05, 3.63) is 87.2 Å². The van der Waals surface area contributed by atoms with Gasteiger partial charge in [0.2, 0.25) is 0 Å². The third kappa shape index (κ3) is 3.66. The predicted molar refractivity (Wildman–Crippen MR) is 96.4 cm³/mol. The lowest BCUT2D eigenvalue weighted by Gasteiger charge is -2.20. The third-order valence-electron chi connectivity index (χ3n) is 3.86. The molecule has 2 aromatic carbocycles. The van der Waals surface area contributed by atoms with Crippen molar-refractivity contribution in [3.8, 4) is 0 Å². The predicted octanol–water partition coefficient (Wildman–Crippen LogP) is 3.27. The van der Waals surface area contributed by atoms with E-state index < -0.39 is 4.92 Å². The Morgan fingerprint density at radius 1 is 1.04 bits per heavy atom. The normalized spacial score (nSPS) is 16.0. The lowest BCUT2D eigenvalue weighted by molar-refractivity contribution is -0.413. The molecule has 1 fully saturated rings. The van der Waals surface area contributed by atoms with Gasteiger partial charge >= 0.3 is 5.03 Å². The van der Waals surface area contributed by atoms with Gasteiger partial charge in [0.25, 0.3) is 5.91 Å². The number of nitro groups is 1. The zero-order valence-electron chi connectivity index (χ0n) is 13.7. The number of hydrogen-bond donors (Lipinski definition) is 0. The summed E-state index contributed by atoms with van der Waals surface area (Å²) in [6, 6.07) is 18.0. The maximum absolute atomic E-state index is 12.8. The van der Waals surface area contributed by atoms with Crippen molar-refractivity contribution in [2.45, 2.75) is 4.90 Å². The number of carbonyl (C=O) groups excluding carboxylic acids is 1. The highest BCUT2D eigenvalue weighted by atomic mass is 32.2. The lowest BCUT2D eigenvalue weighted by Crippen LogP contribution is -2.30. The zero-order valence-corrected chi connectivity index (χ0v) is 14.5. The van der Waals surface area contributed by atoms with Gasteiger partial charge in [-0.15, -0.1) is 0 Å². The zero-order chi connectivity index (χ0) is 17.8. The quantitative estimate of drug-likeness (QED) is 0.478. The molecule has 1 saturated heterocycles. The molecule has 6 nitrogen and oxygen atoms in total. The Kier molecular flexibility index (Phi) is 5.04. The van der Waals surface area contributed by atoms with Crippen LogP contribution >= 0.6 is 11.8 Å². The van der Waals surface area contributed by atoms with Crippen molar-refractivity contribution < 1.29 is 9.72 Å². The number of nitrogens with zero attached hydrogens (tertiary/aromatic N) is 3. The molecule has 1 aliphatic heterocycles. The molecule has 0 unspecified atom stereocenters. The number of hydrogen-bond acceptors (Lipinski definition) is 5. The van der Waals surface area contributed by atoms with Crippen LogP contribution in [0.5, 0.6) is 0 Å². The van der Waals surface area contributed by atoms with Gasteiger partial charge in [0, 0.05) is 30.6 Å². The van der Waals surface area contributed by atoms with Crippen LogP contribution in [0.1, 0.15) is 10.4 Å². The minimum Gasteiger partial charge on any atom is -0.353 e. The van der Waals surface area contributed by atoms with E-state index in [0.717, 1.165) is 16.7 Å². The second-order valence-electron chi connectivity index (χ2n) is 5.55. The molecule has 1 heterocycles. The maximum Gasteiger partial charge on any atom is 0.348 e. The number of rotatable bonds is 4. The van der Waals surface area contributed by atoms with Crippen LogP contribution in [0.25, 0.3) is 0 Å². The van der Waals surface area contributed by atoms with Crippen LogP contribution in [0, 0.1) is 10.1 Å². The van der Waals surface area contributed by atoms with Crippen LogP contribution in [0.3, 0.4) is 0 Å². The van der Waals surface area contributed by atoms with Gasteiger partial charge in [0.15, 0.2) is 5.82 Å². The molecule has 0 radical (unpaired) electrons. The van der Waals surface area contributed by atoms with Crippen molar-refractivity contribution in [3.63, 3.8) is 0 Å². The Morgan fingerprint density at radius 3 is 2.24 bits per heavy atom. The molecule has 0 aliphatic carbocycles. The van der Waals surface area contributed by atoms with Gasteiger partial charge in [-0.3, -0.25) is 19.8 Å². The van der Waals surface area contributed by atoms with Crippen LogP contribution in [0.2, 0.25) is 0 Å². The first kappa shape index (κ1) is 17.0. The summed E-state index contributed by atoms with van der Waals surface area (Å²) in [5.41, 5.74) is 0.516. The van der Waals surface area contributed by atoms with E-state index >= 15 is 0 Å². The summed E-state index contributed by atoms with van der Waals surface area (Å²) in [7, 11) is 1.77. The smallest absolute Gasteiger partial charge is 0.348 e. The highest BCUT2D eigenvalue weighted by Gasteiger charge is 2.36. The van der Waals surface area contributed by atoms with Gasteiger partial charge < -0.3 is 4.90 Å². The fourth-order valence-corrected chi connectivity index (χ4v) is 3.59. The van der Waals surface area contributed by atoms with E-state index in [1.54, 1.807) is 36.2 Å². The van der Waals surface area contributed by atoms with E-state index in [0.29, 0.717) is 24.5 Å². The Balaban J connectivity index is 2.00. The Morgan fingerprint density at radius 2 is 1.64 bits per heavy atom. The molecule has 0 N–H and O–H groups in total. The molecule has 3 rings (SSSR count). The Hall–Kier alpha value is -2.80. The fraction of sp³-hybridized carbons (Fsp3) is 0.167. The summed E-state index contributed by atoms with van der Waals surface area (Å²) < 4.78 is 0. The summed E-state index contributed by atoms with van der Waals surface area (Å²) in [5, 5.41) is 11.7.